The Bertz CT molecular complexity index is 1080. The molecule has 1 fully saturated rings. The summed E-state index contributed by atoms with van der Waals surface area (Å²) in [5.41, 5.74) is 3.27. The van der Waals surface area contributed by atoms with Crippen LogP contribution in [0.15, 0.2) is 48.5 Å². The van der Waals surface area contributed by atoms with E-state index in [1.165, 1.54) is 0 Å². The number of carbonyl (C=O) groups excluding carboxylic acids is 2. The number of carboxylic acid groups (broad SMARTS) is 1. The van der Waals surface area contributed by atoms with Gasteiger partial charge in [-0.3, -0.25) is 4.79 Å². The van der Waals surface area contributed by atoms with Gasteiger partial charge in [-0.05, 0) is 41.5 Å². The Hall–Kier alpha value is -3.56. The van der Waals surface area contributed by atoms with Crippen LogP contribution in [-0.4, -0.2) is 47.4 Å². The summed E-state index contributed by atoms with van der Waals surface area (Å²) in [5, 5.41) is 13.6. The first-order valence-corrected chi connectivity index (χ1v) is 11.3. The zero-order valence-electron chi connectivity index (χ0n) is 18.7. The Kier molecular flexibility index (Phi) is 6.73. The van der Waals surface area contributed by atoms with Crippen LogP contribution in [0, 0.1) is 0 Å². The summed E-state index contributed by atoms with van der Waals surface area (Å²) in [6, 6.07) is 13.6. The smallest absolute Gasteiger partial charge is 0.407 e. The number of rotatable bonds is 8. The van der Waals surface area contributed by atoms with Crippen LogP contribution in [0.3, 0.4) is 0 Å². The van der Waals surface area contributed by atoms with Gasteiger partial charge in [-0.15, -0.1) is 0 Å². The standard InChI is InChI=1S/C25H25F3N2O5/c26-25(27,28)12-20(22(32)33)29-21(31)13-24(10-5-11-24)30-23(34)35-14-19-17-8-3-1-6-15(17)16-7-2-4-9-18(16)19/h1-4,6-9,19-20H,5,10-14H2,(H,29,31)(H,30,34)(H,32,33). The topological polar surface area (TPSA) is 105 Å². The first kappa shape index (κ1) is 24.6. The normalized spacial score (nSPS) is 16.9. The number of alkyl halides is 3. The minimum atomic E-state index is -4.75. The van der Waals surface area contributed by atoms with Crippen LogP contribution in [0.5, 0.6) is 0 Å². The van der Waals surface area contributed by atoms with E-state index in [2.05, 4.69) is 5.32 Å². The lowest BCUT2D eigenvalue weighted by molar-refractivity contribution is -0.160. The van der Waals surface area contributed by atoms with Gasteiger partial charge < -0.3 is 20.5 Å². The second-order valence-electron chi connectivity index (χ2n) is 9.04. The molecule has 0 heterocycles. The van der Waals surface area contributed by atoms with Crippen molar-refractivity contribution < 1.29 is 37.4 Å². The zero-order chi connectivity index (χ0) is 25.2. The fourth-order valence-corrected chi connectivity index (χ4v) is 4.78. The summed E-state index contributed by atoms with van der Waals surface area (Å²) in [6.07, 6.45) is -5.92. The molecular weight excluding hydrogens is 465 g/mol. The summed E-state index contributed by atoms with van der Waals surface area (Å²) in [5.74, 6) is -2.80. The van der Waals surface area contributed by atoms with Crippen LogP contribution in [0.2, 0.25) is 0 Å². The third kappa shape index (κ3) is 5.58. The lowest BCUT2D eigenvalue weighted by atomic mass is 9.74. The number of halogens is 3. The maximum Gasteiger partial charge on any atom is 0.407 e. The van der Waals surface area contributed by atoms with Gasteiger partial charge in [0, 0.05) is 12.3 Å². The number of alkyl carbamates (subject to hydrolysis) is 1. The van der Waals surface area contributed by atoms with E-state index in [9.17, 15) is 27.6 Å². The van der Waals surface area contributed by atoms with Crippen LogP contribution in [0.25, 0.3) is 11.1 Å². The first-order chi connectivity index (χ1) is 16.6. The van der Waals surface area contributed by atoms with Crippen LogP contribution in [-0.2, 0) is 14.3 Å². The monoisotopic (exact) mass is 490 g/mol. The van der Waals surface area contributed by atoms with Crippen molar-refractivity contribution in [1.82, 2.24) is 10.6 Å². The highest BCUT2D eigenvalue weighted by atomic mass is 19.4. The fourth-order valence-electron chi connectivity index (χ4n) is 4.78. The van der Waals surface area contributed by atoms with Gasteiger partial charge >= 0.3 is 18.2 Å². The predicted octanol–water partition coefficient (Wildman–Crippen LogP) is 4.36. The molecule has 2 aromatic carbocycles. The summed E-state index contributed by atoms with van der Waals surface area (Å²) in [6.45, 7) is 0.0782. The van der Waals surface area contributed by atoms with Crippen molar-refractivity contribution in [1.29, 1.82) is 0 Å². The molecule has 35 heavy (non-hydrogen) atoms. The highest BCUT2D eigenvalue weighted by molar-refractivity contribution is 5.85. The molecular formula is C25H25F3N2O5. The molecule has 2 aliphatic rings. The van der Waals surface area contributed by atoms with Crippen LogP contribution in [0.1, 0.15) is 49.1 Å². The van der Waals surface area contributed by atoms with Crippen molar-refractivity contribution in [2.24, 2.45) is 0 Å². The van der Waals surface area contributed by atoms with Crippen molar-refractivity contribution >= 4 is 18.0 Å². The second kappa shape index (κ2) is 9.59. The number of aliphatic carboxylic acids is 1. The number of ether oxygens (including phenoxy) is 1. The Labute approximate surface area is 199 Å². The number of benzene rings is 2. The maximum atomic E-state index is 12.6. The predicted molar refractivity (Wildman–Crippen MR) is 120 cm³/mol. The number of carboxylic acids is 1. The molecule has 0 saturated heterocycles. The molecule has 1 atom stereocenters. The average Bonchev–Trinajstić information content (AvgIpc) is 3.08. The summed E-state index contributed by atoms with van der Waals surface area (Å²) < 4.78 is 43.4. The van der Waals surface area contributed by atoms with Crippen molar-refractivity contribution in [2.75, 3.05) is 6.61 Å². The van der Waals surface area contributed by atoms with Gasteiger partial charge in [0.15, 0.2) is 0 Å². The molecule has 2 aliphatic carbocycles. The van der Waals surface area contributed by atoms with E-state index in [0.29, 0.717) is 19.3 Å². The number of fused-ring (bicyclic) bond motifs is 3. The van der Waals surface area contributed by atoms with Gasteiger partial charge in [-0.25, -0.2) is 9.59 Å². The highest BCUT2D eigenvalue weighted by Gasteiger charge is 2.43. The third-order valence-corrected chi connectivity index (χ3v) is 6.59. The fraction of sp³-hybridized carbons (Fsp3) is 0.400. The van der Waals surface area contributed by atoms with E-state index >= 15 is 0 Å². The molecule has 1 unspecified atom stereocenters. The third-order valence-electron chi connectivity index (χ3n) is 6.59. The van der Waals surface area contributed by atoms with E-state index in [-0.39, 0.29) is 18.9 Å². The molecule has 4 rings (SSSR count). The van der Waals surface area contributed by atoms with Gasteiger partial charge in [-0.1, -0.05) is 48.5 Å². The van der Waals surface area contributed by atoms with Gasteiger partial charge in [0.2, 0.25) is 5.91 Å². The minimum Gasteiger partial charge on any atom is -0.480 e. The zero-order valence-corrected chi connectivity index (χ0v) is 18.7. The summed E-state index contributed by atoms with van der Waals surface area (Å²) in [7, 11) is 0. The molecule has 7 nitrogen and oxygen atoms in total. The number of amides is 2. The lowest BCUT2D eigenvalue weighted by Crippen LogP contribution is -2.57. The number of nitrogens with one attached hydrogen (secondary N) is 2. The van der Waals surface area contributed by atoms with E-state index in [4.69, 9.17) is 9.84 Å². The quantitative estimate of drug-likeness (QED) is 0.510. The van der Waals surface area contributed by atoms with E-state index in [0.717, 1.165) is 22.3 Å². The van der Waals surface area contributed by atoms with Crippen molar-refractivity contribution in [3.05, 3.63) is 59.7 Å². The Morgan fingerprint density at radius 2 is 1.60 bits per heavy atom. The maximum absolute atomic E-state index is 12.6. The summed E-state index contributed by atoms with van der Waals surface area (Å²) in [4.78, 5) is 36.1. The summed E-state index contributed by atoms with van der Waals surface area (Å²) >= 11 is 0. The Morgan fingerprint density at radius 3 is 2.09 bits per heavy atom. The molecule has 3 N–H and O–H groups in total. The average molecular weight is 490 g/mol. The molecule has 10 heteroatoms. The van der Waals surface area contributed by atoms with Crippen molar-refractivity contribution in [3.8, 4) is 11.1 Å². The molecule has 2 amide bonds. The number of hydrogen-bond acceptors (Lipinski definition) is 4. The molecule has 186 valence electrons. The second-order valence-corrected chi connectivity index (χ2v) is 9.04. The highest BCUT2D eigenvalue weighted by Crippen LogP contribution is 2.44. The van der Waals surface area contributed by atoms with Gasteiger partial charge in [0.25, 0.3) is 0 Å². The van der Waals surface area contributed by atoms with E-state index < -0.39 is 42.1 Å². The van der Waals surface area contributed by atoms with E-state index in [1.807, 2.05) is 53.8 Å². The van der Waals surface area contributed by atoms with E-state index in [1.54, 1.807) is 0 Å². The van der Waals surface area contributed by atoms with Crippen LogP contribution in [0.4, 0.5) is 18.0 Å². The molecule has 0 aromatic heterocycles. The van der Waals surface area contributed by atoms with Gasteiger partial charge in [0.1, 0.15) is 12.6 Å². The van der Waals surface area contributed by atoms with Crippen molar-refractivity contribution in [2.45, 2.75) is 55.8 Å². The molecule has 2 aromatic rings. The van der Waals surface area contributed by atoms with Crippen molar-refractivity contribution in [3.63, 3.8) is 0 Å². The lowest BCUT2D eigenvalue weighted by Gasteiger charge is -2.41. The first-order valence-electron chi connectivity index (χ1n) is 11.3. The molecule has 0 bridgehead atoms. The van der Waals surface area contributed by atoms with Gasteiger partial charge in [0.05, 0.1) is 12.0 Å². The Balaban J connectivity index is 1.36. The van der Waals surface area contributed by atoms with Crippen LogP contribution >= 0.6 is 0 Å². The molecule has 1 saturated carbocycles. The molecule has 0 aliphatic heterocycles. The Morgan fingerprint density at radius 1 is 1.03 bits per heavy atom. The number of hydrogen-bond donors (Lipinski definition) is 3. The molecule has 0 radical (unpaired) electrons. The minimum absolute atomic E-state index is 0.0782. The SMILES string of the molecule is O=C(CC1(NC(=O)OCC2c3ccccc3-c3ccccc32)CCC1)NC(CC(F)(F)F)C(=O)O. The largest absolute Gasteiger partial charge is 0.480 e. The van der Waals surface area contributed by atoms with Gasteiger partial charge in [-0.2, -0.15) is 13.2 Å². The molecule has 0 spiro atoms. The van der Waals surface area contributed by atoms with Crippen LogP contribution < -0.4 is 10.6 Å². The number of carbonyl (C=O) groups is 3.